The molecule has 0 spiro atoms. The Morgan fingerprint density at radius 3 is 2.43 bits per heavy atom. The molecule has 1 aliphatic heterocycles. The molecule has 2 aromatic rings. The van der Waals surface area contributed by atoms with Crippen LogP contribution in [0.25, 0.3) is 0 Å². The van der Waals surface area contributed by atoms with Crippen molar-refractivity contribution in [2.24, 2.45) is 10.5 Å². The number of nitrogens with zero attached hydrogens (tertiary/aromatic N) is 2. The molecule has 1 aliphatic rings. The van der Waals surface area contributed by atoms with Gasteiger partial charge in [0.1, 0.15) is 12.3 Å². The molecule has 2 aromatic carbocycles. The van der Waals surface area contributed by atoms with Crippen molar-refractivity contribution in [3.63, 3.8) is 0 Å². The lowest BCUT2D eigenvalue weighted by molar-refractivity contribution is -0.118. The number of amides is 1. The molecule has 3 rings (SSSR count). The Hall–Kier alpha value is -2.82. The minimum absolute atomic E-state index is 0.0172. The highest BCUT2D eigenvalue weighted by Gasteiger charge is 2.34. The van der Waals surface area contributed by atoms with Gasteiger partial charge in [0.15, 0.2) is 0 Å². The van der Waals surface area contributed by atoms with E-state index in [4.69, 9.17) is 4.74 Å². The summed E-state index contributed by atoms with van der Waals surface area (Å²) in [6.07, 6.45) is 0.622. The zero-order valence-corrected chi connectivity index (χ0v) is 17.3. The van der Waals surface area contributed by atoms with Gasteiger partial charge in [-0.3, -0.25) is 4.79 Å². The molecule has 5 heteroatoms. The SMILES string of the molecule is COc1ccccc1C1C/C(C(C)(C)C)=N\NCC(=O)N1c1ccc(C)cc1. The van der Waals surface area contributed by atoms with Crippen LogP contribution < -0.4 is 15.1 Å². The summed E-state index contributed by atoms with van der Waals surface area (Å²) in [6.45, 7) is 8.63. The summed E-state index contributed by atoms with van der Waals surface area (Å²) < 4.78 is 5.64. The van der Waals surface area contributed by atoms with Crippen LogP contribution in [0.15, 0.2) is 53.6 Å². The number of para-hydroxylation sites is 1. The predicted molar refractivity (Wildman–Crippen MR) is 114 cm³/mol. The Balaban J connectivity index is 2.16. The van der Waals surface area contributed by atoms with Gasteiger partial charge in [-0.05, 0) is 25.1 Å². The Morgan fingerprint density at radius 1 is 1.11 bits per heavy atom. The van der Waals surface area contributed by atoms with Crippen LogP contribution in [0.1, 0.15) is 44.4 Å². The molecule has 1 atom stereocenters. The van der Waals surface area contributed by atoms with Crippen molar-refractivity contribution in [2.45, 2.75) is 40.2 Å². The first-order chi connectivity index (χ1) is 13.3. The second-order valence-corrected chi connectivity index (χ2v) is 8.20. The molecular formula is C23H29N3O2. The van der Waals surface area contributed by atoms with Crippen LogP contribution in [-0.4, -0.2) is 25.3 Å². The monoisotopic (exact) mass is 379 g/mol. The fourth-order valence-electron chi connectivity index (χ4n) is 3.48. The number of rotatable bonds is 3. The average molecular weight is 380 g/mol. The maximum Gasteiger partial charge on any atom is 0.248 e. The van der Waals surface area contributed by atoms with Gasteiger partial charge < -0.3 is 15.1 Å². The molecule has 0 radical (unpaired) electrons. The molecule has 28 heavy (non-hydrogen) atoms. The maximum absolute atomic E-state index is 13.1. The summed E-state index contributed by atoms with van der Waals surface area (Å²) >= 11 is 0. The molecular weight excluding hydrogens is 350 g/mol. The maximum atomic E-state index is 13.1. The minimum atomic E-state index is -0.202. The Labute approximate surface area is 167 Å². The van der Waals surface area contributed by atoms with Crippen LogP contribution >= 0.6 is 0 Å². The van der Waals surface area contributed by atoms with E-state index in [1.165, 1.54) is 0 Å². The van der Waals surface area contributed by atoms with Crippen LogP contribution in [0.2, 0.25) is 0 Å². The van der Waals surface area contributed by atoms with Crippen molar-refractivity contribution in [2.75, 3.05) is 18.6 Å². The number of hydrogen-bond donors (Lipinski definition) is 1. The fraction of sp³-hybridized carbons (Fsp3) is 0.391. The number of methoxy groups -OCH3 is 1. The second kappa shape index (κ2) is 8.05. The number of anilines is 1. The molecule has 1 heterocycles. The highest BCUT2D eigenvalue weighted by Crippen LogP contribution is 2.38. The van der Waals surface area contributed by atoms with Gasteiger partial charge in [-0.25, -0.2) is 0 Å². The van der Waals surface area contributed by atoms with E-state index in [9.17, 15) is 4.79 Å². The normalized spacial score (nSPS) is 19.9. The number of hydrogen-bond acceptors (Lipinski definition) is 4. The largest absolute Gasteiger partial charge is 0.496 e. The van der Waals surface area contributed by atoms with Crippen LogP contribution in [0.4, 0.5) is 5.69 Å². The molecule has 5 nitrogen and oxygen atoms in total. The molecule has 0 fully saturated rings. The van der Waals surface area contributed by atoms with Crippen LogP contribution in [-0.2, 0) is 4.79 Å². The smallest absolute Gasteiger partial charge is 0.248 e. The second-order valence-electron chi connectivity index (χ2n) is 8.20. The minimum Gasteiger partial charge on any atom is -0.496 e. The lowest BCUT2D eigenvalue weighted by Crippen LogP contribution is -2.44. The highest BCUT2D eigenvalue weighted by atomic mass is 16.5. The summed E-state index contributed by atoms with van der Waals surface area (Å²) in [4.78, 5) is 15.0. The van der Waals surface area contributed by atoms with Crippen molar-refractivity contribution < 1.29 is 9.53 Å². The summed E-state index contributed by atoms with van der Waals surface area (Å²) in [7, 11) is 1.67. The van der Waals surface area contributed by atoms with Crippen molar-refractivity contribution >= 4 is 17.3 Å². The van der Waals surface area contributed by atoms with Gasteiger partial charge in [-0.1, -0.05) is 56.7 Å². The summed E-state index contributed by atoms with van der Waals surface area (Å²) in [6, 6.07) is 15.8. The molecule has 1 amide bonds. The van der Waals surface area contributed by atoms with E-state index in [2.05, 4.69) is 31.3 Å². The lowest BCUT2D eigenvalue weighted by Gasteiger charge is -2.37. The number of carbonyl (C=O) groups is 1. The third kappa shape index (κ3) is 4.19. The number of ether oxygens (including phenoxy) is 1. The summed E-state index contributed by atoms with van der Waals surface area (Å²) in [5.74, 6) is 0.760. The van der Waals surface area contributed by atoms with E-state index in [1.54, 1.807) is 7.11 Å². The van der Waals surface area contributed by atoms with Crippen LogP contribution in [0.5, 0.6) is 5.75 Å². The summed E-state index contributed by atoms with van der Waals surface area (Å²) in [5, 5.41) is 4.56. The van der Waals surface area contributed by atoms with Gasteiger partial charge >= 0.3 is 0 Å². The Morgan fingerprint density at radius 2 is 1.79 bits per heavy atom. The Kier molecular flexibility index (Phi) is 5.73. The number of nitrogens with one attached hydrogen (secondary N) is 1. The van der Waals surface area contributed by atoms with E-state index >= 15 is 0 Å². The Bertz CT molecular complexity index is 866. The molecule has 0 aliphatic carbocycles. The first-order valence-corrected chi connectivity index (χ1v) is 9.63. The number of hydrazone groups is 1. The first kappa shape index (κ1) is 19.9. The van der Waals surface area contributed by atoms with Gasteiger partial charge in [0.2, 0.25) is 5.91 Å². The third-order valence-electron chi connectivity index (χ3n) is 5.09. The quantitative estimate of drug-likeness (QED) is 0.856. The van der Waals surface area contributed by atoms with Gasteiger partial charge in [0.25, 0.3) is 0 Å². The van der Waals surface area contributed by atoms with E-state index in [0.717, 1.165) is 28.3 Å². The predicted octanol–water partition coefficient (Wildman–Crippen LogP) is 4.47. The van der Waals surface area contributed by atoms with E-state index < -0.39 is 0 Å². The van der Waals surface area contributed by atoms with Gasteiger partial charge in [0.05, 0.1) is 13.2 Å². The first-order valence-electron chi connectivity index (χ1n) is 9.63. The molecule has 1 unspecified atom stereocenters. The average Bonchev–Trinajstić information content (AvgIpc) is 2.65. The number of aryl methyl sites for hydroxylation is 1. The van der Waals surface area contributed by atoms with Crippen LogP contribution in [0.3, 0.4) is 0 Å². The molecule has 0 bridgehead atoms. The topological polar surface area (TPSA) is 53.9 Å². The molecule has 0 saturated heterocycles. The zero-order chi connectivity index (χ0) is 20.3. The zero-order valence-electron chi connectivity index (χ0n) is 17.3. The summed E-state index contributed by atoms with van der Waals surface area (Å²) in [5.41, 5.74) is 6.90. The standard InChI is InChI=1S/C23H29N3O2/c1-16-10-12-17(13-11-16)26-19(18-8-6-7-9-20(18)28-5)14-21(23(2,3)4)25-24-15-22(26)27/h6-13,19,24H,14-15H2,1-5H3/b25-21+. The van der Waals surface area contributed by atoms with Crippen molar-refractivity contribution in [1.29, 1.82) is 0 Å². The van der Waals surface area contributed by atoms with Gasteiger partial charge in [-0.2, -0.15) is 5.10 Å². The molecule has 0 aromatic heterocycles. The fourth-order valence-corrected chi connectivity index (χ4v) is 3.48. The number of benzene rings is 2. The molecule has 1 N–H and O–H groups in total. The van der Waals surface area contributed by atoms with E-state index in [0.29, 0.717) is 6.42 Å². The van der Waals surface area contributed by atoms with Crippen LogP contribution in [0, 0.1) is 12.3 Å². The molecule has 148 valence electrons. The highest BCUT2D eigenvalue weighted by molar-refractivity contribution is 5.99. The van der Waals surface area contributed by atoms with E-state index in [-0.39, 0.29) is 23.9 Å². The molecule has 0 saturated carbocycles. The van der Waals surface area contributed by atoms with Gasteiger partial charge in [0, 0.05) is 28.8 Å². The number of carbonyl (C=O) groups excluding carboxylic acids is 1. The van der Waals surface area contributed by atoms with Crippen molar-refractivity contribution in [3.8, 4) is 5.75 Å². The lowest BCUT2D eigenvalue weighted by atomic mass is 9.84. The van der Waals surface area contributed by atoms with Crippen molar-refractivity contribution in [1.82, 2.24) is 5.43 Å². The third-order valence-corrected chi connectivity index (χ3v) is 5.09. The van der Waals surface area contributed by atoms with Crippen molar-refractivity contribution in [3.05, 3.63) is 59.7 Å². The van der Waals surface area contributed by atoms with Gasteiger partial charge in [-0.15, -0.1) is 0 Å². The van der Waals surface area contributed by atoms with E-state index in [1.807, 2.05) is 60.4 Å².